The van der Waals surface area contributed by atoms with E-state index in [0.717, 1.165) is 0 Å². The molecule has 0 bridgehead atoms. The van der Waals surface area contributed by atoms with E-state index in [4.69, 9.17) is 5.73 Å². The summed E-state index contributed by atoms with van der Waals surface area (Å²) in [6.45, 7) is 1.25. The van der Waals surface area contributed by atoms with Crippen LogP contribution in [0.5, 0.6) is 11.5 Å². The van der Waals surface area contributed by atoms with E-state index in [-0.39, 0.29) is 53.8 Å². The molecule has 4 N–H and O–H groups in total. The molecule has 0 spiro atoms. The Morgan fingerprint density at radius 3 is 1.86 bits per heavy atom. The van der Waals surface area contributed by atoms with Crippen LogP contribution in [0.3, 0.4) is 0 Å². The predicted molar refractivity (Wildman–Crippen MR) is 131 cm³/mol. The fourth-order valence-electron chi connectivity index (χ4n) is 5.05. The minimum Gasteiger partial charge on any atom is -0.508 e. The van der Waals surface area contributed by atoms with E-state index in [0.29, 0.717) is 11.1 Å². The summed E-state index contributed by atoms with van der Waals surface area (Å²) in [5, 5.41) is 19.9. The number of halogens is 1. The minimum absolute atomic E-state index is 0.0189. The standard InChI is InChI=1S/C28H27FN2O5/c1-16-21(9-4-10-24(16)29)26-22(27(35)17-5-2-7-19(32)11-17)14-31(25(34)13-30)15-23(26)28(36)18-6-3-8-20(33)12-18/h2-12,22-23,26,32-33H,13-15,30H2,1H3. The van der Waals surface area contributed by atoms with Gasteiger partial charge in [-0.25, -0.2) is 4.39 Å². The molecule has 1 heterocycles. The molecule has 0 saturated carbocycles. The third-order valence-electron chi connectivity index (χ3n) is 6.83. The molecule has 36 heavy (non-hydrogen) atoms. The van der Waals surface area contributed by atoms with Gasteiger partial charge < -0.3 is 20.8 Å². The maximum atomic E-state index is 14.7. The molecule has 1 fully saturated rings. The third kappa shape index (κ3) is 4.85. The van der Waals surface area contributed by atoms with E-state index in [1.807, 2.05) is 0 Å². The Kier molecular flexibility index (Phi) is 7.17. The molecule has 1 aliphatic rings. The Balaban J connectivity index is 1.89. The van der Waals surface area contributed by atoms with Gasteiger partial charge in [0.25, 0.3) is 0 Å². The molecule has 2 unspecified atom stereocenters. The third-order valence-corrected chi connectivity index (χ3v) is 6.83. The average Bonchev–Trinajstić information content (AvgIpc) is 2.88. The van der Waals surface area contributed by atoms with E-state index in [1.165, 1.54) is 53.4 Å². The predicted octanol–water partition coefficient (Wildman–Crippen LogP) is 3.43. The fourth-order valence-corrected chi connectivity index (χ4v) is 5.05. The van der Waals surface area contributed by atoms with Gasteiger partial charge in [0.15, 0.2) is 11.6 Å². The highest BCUT2D eigenvalue weighted by atomic mass is 19.1. The summed E-state index contributed by atoms with van der Waals surface area (Å²) < 4.78 is 14.7. The van der Waals surface area contributed by atoms with Gasteiger partial charge in [0, 0.05) is 42.0 Å². The number of piperidine rings is 1. The molecule has 4 rings (SSSR count). The van der Waals surface area contributed by atoms with E-state index in [2.05, 4.69) is 0 Å². The molecular formula is C28H27FN2O5. The molecule has 8 heteroatoms. The Bertz CT molecular complexity index is 1260. The molecular weight excluding hydrogens is 463 g/mol. The van der Waals surface area contributed by atoms with Crippen LogP contribution in [0, 0.1) is 24.6 Å². The van der Waals surface area contributed by atoms with Crippen LogP contribution >= 0.6 is 0 Å². The van der Waals surface area contributed by atoms with Gasteiger partial charge >= 0.3 is 0 Å². The van der Waals surface area contributed by atoms with Crippen molar-refractivity contribution in [3.63, 3.8) is 0 Å². The van der Waals surface area contributed by atoms with Crippen molar-refractivity contribution in [3.8, 4) is 11.5 Å². The summed E-state index contributed by atoms with van der Waals surface area (Å²) in [4.78, 5) is 41.7. The highest BCUT2D eigenvalue weighted by molar-refractivity contribution is 6.03. The number of ketones is 2. The zero-order chi connectivity index (χ0) is 26.0. The number of hydrogen-bond acceptors (Lipinski definition) is 6. The summed E-state index contributed by atoms with van der Waals surface area (Å²) in [6.07, 6.45) is 0. The summed E-state index contributed by atoms with van der Waals surface area (Å²) in [6, 6.07) is 16.2. The molecule has 1 saturated heterocycles. The highest BCUT2D eigenvalue weighted by Crippen LogP contribution is 2.42. The maximum Gasteiger partial charge on any atom is 0.236 e. The second-order valence-corrected chi connectivity index (χ2v) is 9.02. The van der Waals surface area contributed by atoms with Gasteiger partial charge in [-0.2, -0.15) is 0 Å². The number of phenolic OH excluding ortho intramolecular Hbond substituents is 2. The van der Waals surface area contributed by atoms with E-state index in [9.17, 15) is 29.0 Å². The minimum atomic E-state index is -0.914. The van der Waals surface area contributed by atoms with Gasteiger partial charge in [0.2, 0.25) is 5.91 Å². The van der Waals surface area contributed by atoms with E-state index < -0.39 is 29.5 Å². The molecule has 7 nitrogen and oxygen atoms in total. The molecule has 1 aliphatic heterocycles. The molecule has 1 amide bonds. The summed E-state index contributed by atoms with van der Waals surface area (Å²) >= 11 is 0. The van der Waals surface area contributed by atoms with Gasteiger partial charge in [0.1, 0.15) is 17.3 Å². The van der Waals surface area contributed by atoms with Crippen molar-refractivity contribution < 1.29 is 29.0 Å². The van der Waals surface area contributed by atoms with Crippen molar-refractivity contribution in [1.82, 2.24) is 4.90 Å². The van der Waals surface area contributed by atoms with E-state index >= 15 is 0 Å². The van der Waals surface area contributed by atoms with Crippen LogP contribution in [0.25, 0.3) is 0 Å². The first kappa shape index (κ1) is 25.1. The Labute approximate surface area is 208 Å². The van der Waals surface area contributed by atoms with Crippen molar-refractivity contribution in [2.75, 3.05) is 19.6 Å². The van der Waals surface area contributed by atoms with Crippen LogP contribution in [0.4, 0.5) is 4.39 Å². The number of carbonyl (C=O) groups is 3. The zero-order valence-corrected chi connectivity index (χ0v) is 19.7. The highest BCUT2D eigenvalue weighted by Gasteiger charge is 2.46. The van der Waals surface area contributed by atoms with Crippen molar-refractivity contribution >= 4 is 17.5 Å². The molecule has 0 aliphatic carbocycles. The lowest BCUT2D eigenvalue weighted by Gasteiger charge is -2.43. The SMILES string of the molecule is Cc1c(F)cccc1C1C(C(=O)c2cccc(O)c2)CN(C(=O)CN)CC1C(=O)c1cccc(O)c1. The van der Waals surface area contributed by atoms with Crippen molar-refractivity contribution in [3.05, 3.63) is 94.8 Å². The monoisotopic (exact) mass is 490 g/mol. The number of phenols is 2. The van der Waals surface area contributed by atoms with Gasteiger partial charge in [-0.05, 0) is 48.4 Å². The zero-order valence-electron chi connectivity index (χ0n) is 19.7. The van der Waals surface area contributed by atoms with Crippen LogP contribution in [-0.4, -0.2) is 52.2 Å². The number of nitrogens with two attached hydrogens (primary N) is 1. The number of benzene rings is 3. The second kappa shape index (κ2) is 10.3. The van der Waals surface area contributed by atoms with Crippen LogP contribution in [0.15, 0.2) is 66.7 Å². The molecule has 3 aromatic carbocycles. The Morgan fingerprint density at radius 2 is 1.39 bits per heavy atom. The number of hydrogen-bond donors (Lipinski definition) is 3. The summed E-state index contributed by atoms with van der Waals surface area (Å²) in [7, 11) is 0. The van der Waals surface area contributed by atoms with Crippen molar-refractivity contribution in [1.29, 1.82) is 0 Å². The first-order valence-electron chi connectivity index (χ1n) is 11.6. The number of rotatable bonds is 6. The largest absolute Gasteiger partial charge is 0.508 e. The second-order valence-electron chi connectivity index (χ2n) is 9.02. The van der Waals surface area contributed by atoms with Gasteiger partial charge in [0.05, 0.1) is 6.54 Å². The summed E-state index contributed by atoms with van der Waals surface area (Å²) in [5.41, 5.74) is 6.85. The quantitative estimate of drug-likeness (QED) is 0.456. The lowest BCUT2D eigenvalue weighted by atomic mass is 9.67. The molecule has 0 aromatic heterocycles. The van der Waals surface area contributed by atoms with Crippen molar-refractivity contribution in [2.45, 2.75) is 12.8 Å². The Morgan fingerprint density at radius 1 is 0.889 bits per heavy atom. The molecule has 186 valence electrons. The smallest absolute Gasteiger partial charge is 0.236 e. The van der Waals surface area contributed by atoms with Gasteiger partial charge in [-0.15, -0.1) is 0 Å². The average molecular weight is 491 g/mol. The molecule has 0 radical (unpaired) electrons. The summed E-state index contributed by atoms with van der Waals surface area (Å²) in [5.74, 6) is -4.47. The number of Topliss-reactive ketones (excluding diaryl/α,β-unsaturated/α-hetero) is 2. The van der Waals surface area contributed by atoms with Gasteiger partial charge in [-0.1, -0.05) is 36.4 Å². The topological polar surface area (TPSA) is 121 Å². The van der Waals surface area contributed by atoms with Crippen LogP contribution in [0.1, 0.15) is 37.8 Å². The van der Waals surface area contributed by atoms with E-state index in [1.54, 1.807) is 25.1 Å². The first-order chi connectivity index (χ1) is 17.2. The molecule has 3 aromatic rings. The van der Waals surface area contributed by atoms with Crippen LogP contribution < -0.4 is 5.73 Å². The van der Waals surface area contributed by atoms with Crippen molar-refractivity contribution in [2.24, 2.45) is 17.6 Å². The number of likely N-dealkylation sites (tertiary alicyclic amines) is 1. The fraction of sp³-hybridized carbons (Fsp3) is 0.250. The first-order valence-corrected chi connectivity index (χ1v) is 11.6. The van der Waals surface area contributed by atoms with Crippen LogP contribution in [0.2, 0.25) is 0 Å². The van der Waals surface area contributed by atoms with Crippen LogP contribution in [-0.2, 0) is 4.79 Å². The maximum absolute atomic E-state index is 14.7. The normalized spacial score (nSPS) is 19.6. The lowest BCUT2D eigenvalue weighted by Crippen LogP contribution is -2.53. The lowest BCUT2D eigenvalue weighted by molar-refractivity contribution is -0.132. The number of carbonyl (C=O) groups excluding carboxylic acids is 3. The number of nitrogens with zero attached hydrogens (tertiary/aromatic N) is 1. The van der Waals surface area contributed by atoms with Gasteiger partial charge in [-0.3, -0.25) is 14.4 Å². The Hall–Kier alpha value is -4.04. The number of amides is 1. The number of aromatic hydroxyl groups is 2. The molecule has 2 atom stereocenters.